The molecular formula is C19H19N3O2. The number of phenolic OH excluding ortho intramolecular Hbond substituents is 1. The molecule has 5 heteroatoms. The van der Waals surface area contributed by atoms with Gasteiger partial charge in [-0.05, 0) is 11.6 Å². The summed E-state index contributed by atoms with van der Waals surface area (Å²) in [5.74, 6) is 0.00985. The highest BCUT2D eigenvalue weighted by atomic mass is 16.3. The second-order valence-electron chi connectivity index (χ2n) is 5.61. The van der Waals surface area contributed by atoms with Crippen molar-refractivity contribution < 1.29 is 9.90 Å². The summed E-state index contributed by atoms with van der Waals surface area (Å²) in [6, 6.07) is 16.9. The third-order valence-electron chi connectivity index (χ3n) is 3.71. The van der Waals surface area contributed by atoms with E-state index in [9.17, 15) is 9.90 Å². The summed E-state index contributed by atoms with van der Waals surface area (Å²) < 4.78 is 1.85. The Morgan fingerprint density at radius 3 is 2.58 bits per heavy atom. The number of hydrogen-bond donors (Lipinski definition) is 2. The molecule has 1 aromatic heterocycles. The number of nitrogens with zero attached hydrogens (tertiary/aromatic N) is 2. The number of phenols is 1. The quantitative estimate of drug-likeness (QED) is 0.733. The molecule has 2 N–H and O–H groups in total. The van der Waals surface area contributed by atoms with Crippen LogP contribution in [0.5, 0.6) is 5.75 Å². The molecule has 0 saturated carbocycles. The van der Waals surface area contributed by atoms with Crippen LogP contribution >= 0.6 is 0 Å². The highest BCUT2D eigenvalue weighted by Gasteiger charge is 2.07. The molecule has 0 aliphatic rings. The maximum Gasteiger partial charge on any atom is 0.224 e. The monoisotopic (exact) mass is 321 g/mol. The van der Waals surface area contributed by atoms with Crippen LogP contribution in [-0.2, 0) is 24.3 Å². The second kappa shape index (κ2) is 7.46. The average Bonchev–Trinajstić information content (AvgIpc) is 3.03. The fraction of sp³-hybridized carbons (Fsp3) is 0.158. The summed E-state index contributed by atoms with van der Waals surface area (Å²) in [7, 11) is 0. The van der Waals surface area contributed by atoms with Gasteiger partial charge in [-0.1, -0.05) is 48.5 Å². The first-order chi connectivity index (χ1) is 11.7. The molecule has 0 fully saturated rings. The first kappa shape index (κ1) is 15.8. The zero-order valence-corrected chi connectivity index (χ0v) is 13.2. The van der Waals surface area contributed by atoms with Crippen molar-refractivity contribution in [2.75, 3.05) is 0 Å². The zero-order valence-electron chi connectivity index (χ0n) is 13.2. The van der Waals surface area contributed by atoms with E-state index in [0.29, 0.717) is 18.7 Å². The minimum Gasteiger partial charge on any atom is -0.508 e. The number of amides is 1. The van der Waals surface area contributed by atoms with Gasteiger partial charge in [0.25, 0.3) is 0 Å². The summed E-state index contributed by atoms with van der Waals surface area (Å²) in [5, 5.41) is 16.9. The van der Waals surface area contributed by atoms with E-state index in [-0.39, 0.29) is 18.1 Å². The van der Waals surface area contributed by atoms with E-state index in [1.54, 1.807) is 30.5 Å². The molecule has 0 spiro atoms. The summed E-state index contributed by atoms with van der Waals surface area (Å²) in [4.78, 5) is 12.0. The predicted molar refractivity (Wildman–Crippen MR) is 91.4 cm³/mol. The van der Waals surface area contributed by atoms with E-state index in [1.807, 2.05) is 29.1 Å². The molecule has 1 amide bonds. The fourth-order valence-corrected chi connectivity index (χ4v) is 2.45. The van der Waals surface area contributed by atoms with E-state index in [0.717, 1.165) is 5.56 Å². The molecule has 0 bridgehead atoms. The number of aromatic nitrogens is 2. The lowest BCUT2D eigenvalue weighted by Crippen LogP contribution is -2.24. The number of carbonyl (C=O) groups excluding carboxylic acids is 1. The van der Waals surface area contributed by atoms with Crippen molar-refractivity contribution in [3.8, 4) is 5.75 Å². The SMILES string of the molecule is O=C(Cc1ccccc1O)NCc1cnn(Cc2ccccc2)c1. The molecule has 3 aromatic rings. The van der Waals surface area contributed by atoms with Crippen LogP contribution in [0.25, 0.3) is 0 Å². The van der Waals surface area contributed by atoms with Crippen molar-refractivity contribution in [2.24, 2.45) is 0 Å². The number of benzene rings is 2. The van der Waals surface area contributed by atoms with Crippen molar-refractivity contribution in [1.29, 1.82) is 0 Å². The Kier molecular flexibility index (Phi) is 4.91. The Balaban J connectivity index is 1.52. The van der Waals surface area contributed by atoms with Crippen LogP contribution in [0, 0.1) is 0 Å². The van der Waals surface area contributed by atoms with Gasteiger partial charge in [0.15, 0.2) is 0 Å². The van der Waals surface area contributed by atoms with E-state index < -0.39 is 0 Å². The minimum absolute atomic E-state index is 0.132. The van der Waals surface area contributed by atoms with Gasteiger partial charge < -0.3 is 10.4 Å². The van der Waals surface area contributed by atoms with E-state index in [1.165, 1.54) is 5.56 Å². The molecule has 3 rings (SSSR count). The molecule has 2 aromatic carbocycles. The van der Waals surface area contributed by atoms with Crippen LogP contribution in [0.2, 0.25) is 0 Å². The van der Waals surface area contributed by atoms with Crippen LogP contribution in [0.3, 0.4) is 0 Å². The Morgan fingerprint density at radius 1 is 1.04 bits per heavy atom. The second-order valence-corrected chi connectivity index (χ2v) is 5.61. The Labute approximate surface area is 140 Å². The molecule has 1 heterocycles. The zero-order chi connectivity index (χ0) is 16.8. The van der Waals surface area contributed by atoms with E-state index >= 15 is 0 Å². The highest BCUT2D eigenvalue weighted by Crippen LogP contribution is 2.15. The maximum atomic E-state index is 12.0. The van der Waals surface area contributed by atoms with Gasteiger partial charge in [0.2, 0.25) is 5.91 Å². The lowest BCUT2D eigenvalue weighted by atomic mass is 10.1. The van der Waals surface area contributed by atoms with Gasteiger partial charge in [-0.3, -0.25) is 9.48 Å². The van der Waals surface area contributed by atoms with E-state index in [4.69, 9.17) is 0 Å². The molecule has 0 saturated heterocycles. The third kappa shape index (κ3) is 4.23. The van der Waals surface area contributed by atoms with Crippen molar-refractivity contribution in [1.82, 2.24) is 15.1 Å². The molecule has 0 unspecified atom stereocenters. The first-order valence-corrected chi connectivity index (χ1v) is 7.79. The number of nitrogens with one attached hydrogen (secondary N) is 1. The first-order valence-electron chi connectivity index (χ1n) is 7.79. The summed E-state index contributed by atoms with van der Waals surface area (Å²) in [5.41, 5.74) is 2.74. The Bertz CT molecular complexity index is 812. The van der Waals surface area contributed by atoms with Crippen molar-refractivity contribution >= 4 is 5.91 Å². The normalized spacial score (nSPS) is 10.5. The highest BCUT2D eigenvalue weighted by molar-refractivity contribution is 5.79. The van der Waals surface area contributed by atoms with Crippen LogP contribution in [0.15, 0.2) is 67.0 Å². The molecular weight excluding hydrogens is 302 g/mol. The Morgan fingerprint density at radius 2 is 1.79 bits per heavy atom. The van der Waals surface area contributed by atoms with Crippen molar-refractivity contribution in [3.05, 3.63) is 83.7 Å². The Hall–Kier alpha value is -3.08. The van der Waals surface area contributed by atoms with Gasteiger partial charge in [0.1, 0.15) is 5.75 Å². The van der Waals surface area contributed by atoms with Gasteiger partial charge >= 0.3 is 0 Å². The largest absolute Gasteiger partial charge is 0.508 e. The summed E-state index contributed by atoms with van der Waals surface area (Å²) in [6.45, 7) is 1.12. The van der Waals surface area contributed by atoms with Gasteiger partial charge in [0.05, 0.1) is 19.2 Å². The van der Waals surface area contributed by atoms with E-state index in [2.05, 4.69) is 22.5 Å². The lowest BCUT2D eigenvalue weighted by Gasteiger charge is -2.05. The van der Waals surface area contributed by atoms with Crippen LogP contribution in [-0.4, -0.2) is 20.8 Å². The number of hydrogen-bond acceptors (Lipinski definition) is 3. The van der Waals surface area contributed by atoms with Gasteiger partial charge in [-0.25, -0.2) is 0 Å². The minimum atomic E-state index is -0.132. The topological polar surface area (TPSA) is 67.2 Å². The third-order valence-corrected chi connectivity index (χ3v) is 3.71. The smallest absolute Gasteiger partial charge is 0.224 e. The van der Waals surface area contributed by atoms with Crippen molar-refractivity contribution in [3.63, 3.8) is 0 Å². The number of carbonyl (C=O) groups is 1. The summed E-state index contributed by atoms with van der Waals surface area (Å²) >= 11 is 0. The van der Waals surface area contributed by atoms with Gasteiger partial charge in [-0.15, -0.1) is 0 Å². The molecule has 122 valence electrons. The molecule has 0 atom stereocenters. The van der Waals surface area contributed by atoms with Crippen LogP contribution in [0.4, 0.5) is 0 Å². The number of para-hydroxylation sites is 1. The standard InChI is InChI=1S/C19H19N3O2/c23-18-9-5-4-8-17(18)10-19(24)20-11-16-12-21-22(14-16)13-15-6-2-1-3-7-15/h1-9,12,14,23H,10-11,13H2,(H,20,24). The van der Waals surface area contributed by atoms with Gasteiger partial charge in [0, 0.05) is 23.9 Å². The van der Waals surface area contributed by atoms with Gasteiger partial charge in [-0.2, -0.15) is 5.10 Å². The molecule has 24 heavy (non-hydrogen) atoms. The lowest BCUT2D eigenvalue weighted by molar-refractivity contribution is -0.120. The molecule has 0 radical (unpaired) electrons. The van der Waals surface area contributed by atoms with Crippen LogP contribution < -0.4 is 5.32 Å². The molecule has 0 aliphatic carbocycles. The molecule has 0 aliphatic heterocycles. The molecule has 5 nitrogen and oxygen atoms in total. The number of aromatic hydroxyl groups is 1. The summed E-state index contributed by atoms with van der Waals surface area (Å²) in [6.07, 6.45) is 3.83. The van der Waals surface area contributed by atoms with Crippen LogP contribution in [0.1, 0.15) is 16.7 Å². The fourth-order valence-electron chi connectivity index (χ4n) is 2.45. The maximum absolute atomic E-state index is 12.0. The average molecular weight is 321 g/mol. The number of rotatable bonds is 6. The van der Waals surface area contributed by atoms with Crippen molar-refractivity contribution in [2.45, 2.75) is 19.5 Å². The predicted octanol–water partition coefficient (Wildman–Crippen LogP) is 2.50.